The number of rotatable bonds is 2. The fraction of sp³-hybridized carbons (Fsp3) is 0.562. The molecule has 0 radical (unpaired) electrons. The third-order valence-corrected chi connectivity index (χ3v) is 5.42. The van der Waals surface area contributed by atoms with E-state index in [2.05, 4.69) is 10.3 Å². The molecule has 4 heteroatoms. The summed E-state index contributed by atoms with van der Waals surface area (Å²) in [7, 11) is 0. The average Bonchev–Trinajstić information content (AvgIpc) is 2.89. The number of aliphatic imine (C=N–C) groups is 1. The van der Waals surface area contributed by atoms with Gasteiger partial charge in [0, 0.05) is 11.8 Å². The number of aryl methyl sites for hydroxylation is 2. The van der Waals surface area contributed by atoms with E-state index in [-0.39, 0.29) is 5.82 Å². The van der Waals surface area contributed by atoms with Crippen molar-refractivity contribution in [2.24, 2.45) is 10.9 Å². The maximum absolute atomic E-state index is 13.6. The summed E-state index contributed by atoms with van der Waals surface area (Å²) in [6.45, 7) is 4.26. The van der Waals surface area contributed by atoms with Crippen LogP contribution < -0.4 is 5.32 Å². The molecule has 0 aromatic heterocycles. The molecule has 1 aliphatic heterocycles. The van der Waals surface area contributed by atoms with Crippen LogP contribution in [-0.4, -0.2) is 17.0 Å². The minimum Gasteiger partial charge on any atom is -0.362 e. The van der Waals surface area contributed by atoms with Crippen LogP contribution in [0.2, 0.25) is 0 Å². The molecule has 20 heavy (non-hydrogen) atoms. The van der Waals surface area contributed by atoms with Gasteiger partial charge in [-0.05, 0) is 49.3 Å². The van der Waals surface area contributed by atoms with E-state index in [1.54, 1.807) is 0 Å². The second-order valence-corrected chi connectivity index (χ2v) is 6.93. The lowest BCUT2D eigenvalue weighted by molar-refractivity contribution is 0.489. The van der Waals surface area contributed by atoms with Crippen LogP contribution in [0.4, 0.5) is 4.39 Å². The number of halogens is 1. The number of benzene rings is 1. The predicted molar refractivity (Wildman–Crippen MR) is 83.7 cm³/mol. The molecule has 0 amide bonds. The molecule has 2 unspecified atom stereocenters. The number of fused-ring (bicyclic) bond motifs is 1. The first kappa shape index (κ1) is 13.9. The summed E-state index contributed by atoms with van der Waals surface area (Å²) in [6, 6.07) is 4.43. The maximum Gasteiger partial charge on any atom is 0.157 e. The fourth-order valence-corrected chi connectivity index (χ4v) is 4.36. The zero-order chi connectivity index (χ0) is 14.1. The lowest BCUT2D eigenvalue weighted by Crippen LogP contribution is -2.41. The van der Waals surface area contributed by atoms with Gasteiger partial charge in [-0.3, -0.25) is 4.99 Å². The molecule has 1 aliphatic carbocycles. The topological polar surface area (TPSA) is 24.4 Å². The SMILES string of the molecule is Cc1cc(CN=C2NC3CCCC3CS2)cc(C)c1F. The Morgan fingerprint density at radius 1 is 1.30 bits per heavy atom. The fourth-order valence-electron chi connectivity index (χ4n) is 3.19. The third kappa shape index (κ3) is 2.85. The Hall–Kier alpha value is -1.03. The first-order valence-electron chi connectivity index (χ1n) is 7.33. The van der Waals surface area contributed by atoms with Crippen LogP contribution in [0.15, 0.2) is 17.1 Å². The van der Waals surface area contributed by atoms with E-state index in [0.29, 0.717) is 23.7 Å². The molecule has 1 saturated heterocycles. The lowest BCUT2D eigenvalue weighted by Gasteiger charge is -2.28. The van der Waals surface area contributed by atoms with Gasteiger partial charge in [0.15, 0.2) is 5.17 Å². The monoisotopic (exact) mass is 292 g/mol. The zero-order valence-electron chi connectivity index (χ0n) is 12.1. The molecular weight excluding hydrogens is 271 g/mol. The molecule has 2 nitrogen and oxygen atoms in total. The molecule has 2 atom stereocenters. The maximum atomic E-state index is 13.6. The summed E-state index contributed by atoms with van der Waals surface area (Å²) < 4.78 is 13.6. The van der Waals surface area contributed by atoms with E-state index in [0.717, 1.165) is 16.6 Å². The van der Waals surface area contributed by atoms with Crippen molar-refractivity contribution in [3.05, 3.63) is 34.6 Å². The summed E-state index contributed by atoms with van der Waals surface area (Å²) >= 11 is 1.84. The normalized spacial score (nSPS) is 27.4. The Morgan fingerprint density at radius 2 is 2.05 bits per heavy atom. The Morgan fingerprint density at radius 3 is 2.80 bits per heavy atom. The van der Waals surface area contributed by atoms with Crippen molar-refractivity contribution in [1.29, 1.82) is 0 Å². The summed E-state index contributed by atoms with van der Waals surface area (Å²) in [5.41, 5.74) is 2.51. The van der Waals surface area contributed by atoms with Gasteiger partial charge in [0.1, 0.15) is 5.82 Å². The van der Waals surface area contributed by atoms with E-state index in [1.807, 2.05) is 37.7 Å². The van der Waals surface area contributed by atoms with Gasteiger partial charge in [-0.1, -0.05) is 30.3 Å². The third-order valence-electron chi connectivity index (χ3n) is 4.30. The van der Waals surface area contributed by atoms with Gasteiger partial charge in [0.25, 0.3) is 0 Å². The summed E-state index contributed by atoms with van der Waals surface area (Å²) in [5.74, 6) is 1.92. The highest BCUT2D eigenvalue weighted by Gasteiger charge is 2.31. The minimum absolute atomic E-state index is 0.0969. The van der Waals surface area contributed by atoms with Crippen molar-refractivity contribution in [2.75, 3.05) is 5.75 Å². The van der Waals surface area contributed by atoms with Crippen LogP contribution in [0.25, 0.3) is 0 Å². The van der Waals surface area contributed by atoms with Crippen LogP contribution in [-0.2, 0) is 6.54 Å². The highest BCUT2D eigenvalue weighted by atomic mass is 32.2. The van der Waals surface area contributed by atoms with Crippen molar-refractivity contribution in [2.45, 2.75) is 45.7 Å². The Bertz CT molecular complexity index is 518. The summed E-state index contributed by atoms with van der Waals surface area (Å²) in [6.07, 6.45) is 3.97. The first-order valence-corrected chi connectivity index (χ1v) is 8.31. The van der Waals surface area contributed by atoms with Crippen molar-refractivity contribution in [3.63, 3.8) is 0 Å². The van der Waals surface area contributed by atoms with Crippen LogP contribution in [0.5, 0.6) is 0 Å². The van der Waals surface area contributed by atoms with Gasteiger partial charge in [-0.2, -0.15) is 0 Å². The second kappa shape index (κ2) is 5.76. The van der Waals surface area contributed by atoms with Crippen LogP contribution in [0.3, 0.4) is 0 Å². The lowest BCUT2D eigenvalue weighted by atomic mass is 10.1. The highest BCUT2D eigenvalue weighted by molar-refractivity contribution is 8.13. The van der Waals surface area contributed by atoms with E-state index < -0.39 is 0 Å². The zero-order valence-corrected chi connectivity index (χ0v) is 12.9. The average molecular weight is 292 g/mol. The number of hydrogen-bond acceptors (Lipinski definition) is 2. The van der Waals surface area contributed by atoms with Gasteiger partial charge in [-0.15, -0.1) is 0 Å². The number of hydrogen-bond donors (Lipinski definition) is 1. The van der Waals surface area contributed by atoms with Crippen molar-refractivity contribution >= 4 is 16.9 Å². The van der Waals surface area contributed by atoms with Gasteiger partial charge in [0.2, 0.25) is 0 Å². The Labute approximate surface area is 124 Å². The molecular formula is C16H21FN2S. The number of nitrogens with zero attached hydrogens (tertiary/aromatic N) is 1. The van der Waals surface area contributed by atoms with Crippen LogP contribution in [0, 0.1) is 25.6 Å². The van der Waals surface area contributed by atoms with E-state index >= 15 is 0 Å². The number of nitrogens with one attached hydrogen (secondary N) is 1. The largest absolute Gasteiger partial charge is 0.362 e. The highest BCUT2D eigenvalue weighted by Crippen LogP contribution is 2.32. The molecule has 1 N–H and O–H groups in total. The van der Waals surface area contributed by atoms with E-state index in [1.165, 1.54) is 25.0 Å². The molecule has 1 aromatic carbocycles. The molecule has 1 saturated carbocycles. The van der Waals surface area contributed by atoms with Gasteiger partial charge in [-0.25, -0.2) is 4.39 Å². The summed E-state index contributed by atoms with van der Waals surface area (Å²) in [5, 5.41) is 4.63. The first-order chi connectivity index (χ1) is 9.63. The number of amidine groups is 1. The van der Waals surface area contributed by atoms with Gasteiger partial charge < -0.3 is 5.32 Å². The molecule has 1 aromatic rings. The second-order valence-electron chi connectivity index (χ2n) is 5.92. The standard InChI is InChI=1S/C16H21FN2S/c1-10-6-12(7-11(2)15(10)17)8-18-16-19-14-5-3-4-13(14)9-20-16/h6-7,13-14H,3-5,8-9H2,1-2H3,(H,18,19). The van der Waals surface area contributed by atoms with Gasteiger partial charge in [0.05, 0.1) is 6.54 Å². The predicted octanol–water partition coefficient (Wildman–Crippen LogP) is 3.80. The summed E-state index contributed by atoms with van der Waals surface area (Å²) in [4.78, 5) is 4.67. The molecule has 2 fully saturated rings. The minimum atomic E-state index is -0.0969. The van der Waals surface area contributed by atoms with Gasteiger partial charge >= 0.3 is 0 Å². The van der Waals surface area contributed by atoms with Crippen molar-refractivity contribution in [1.82, 2.24) is 5.32 Å². The Balaban J connectivity index is 1.68. The molecule has 0 spiro atoms. The smallest absolute Gasteiger partial charge is 0.157 e. The van der Waals surface area contributed by atoms with Crippen LogP contribution >= 0.6 is 11.8 Å². The quantitative estimate of drug-likeness (QED) is 0.896. The van der Waals surface area contributed by atoms with Crippen molar-refractivity contribution in [3.8, 4) is 0 Å². The molecule has 0 bridgehead atoms. The van der Waals surface area contributed by atoms with Crippen molar-refractivity contribution < 1.29 is 4.39 Å². The molecule has 108 valence electrons. The Kier molecular flexibility index (Phi) is 4.01. The van der Waals surface area contributed by atoms with E-state index in [4.69, 9.17) is 0 Å². The molecule has 2 aliphatic rings. The van der Waals surface area contributed by atoms with E-state index in [9.17, 15) is 4.39 Å². The number of thioether (sulfide) groups is 1. The van der Waals surface area contributed by atoms with Crippen LogP contribution in [0.1, 0.15) is 36.0 Å². The molecule has 1 heterocycles. The molecule has 3 rings (SSSR count).